The Bertz CT molecular complexity index is 566. The Labute approximate surface area is 124 Å². The second-order valence-corrected chi connectivity index (χ2v) is 5.51. The van der Waals surface area contributed by atoms with Gasteiger partial charge in [-0.3, -0.25) is 9.59 Å². The molecule has 3 nitrogen and oxygen atoms in total. The van der Waals surface area contributed by atoms with Gasteiger partial charge in [-0.1, -0.05) is 11.6 Å². The SMILES string of the molecule is CC1=C(Nc2ccc(C(=O)I)c(Cl)c2)CCC1=O. The van der Waals surface area contributed by atoms with Gasteiger partial charge in [0.15, 0.2) is 5.78 Å². The van der Waals surface area contributed by atoms with Crippen LogP contribution in [0.2, 0.25) is 5.02 Å². The molecule has 1 N–H and O–H groups in total. The average Bonchev–Trinajstić information content (AvgIpc) is 2.61. The number of allylic oxidation sites excluding steroid dienone is 2. The number of halogens is 2. The van der Waals surface area contributed by atoms with Crippen LogP contribution in [0.15, 0.2) is 29.5 Å². The van der Waals surface area contributed by atoms with Gasteiger partial charge in [0.1, 0.15) is 0 Å². The molecule has 0 bridgehead atoms. The molecule has 0 aliphatic heterocycles. The number of Topliss-reactive ketones (excluding diaryl/α,β-unsaturated/α-hetero) is 1. The molecule has 0 saturated heterocycles. The fraction of sp³-hybridized carbons (Fsp3) is 0.231. The number of hydrogen-bond acceptors (Lipinski definition) is 3. The molecule has 2 rings (SSSR count). The summed E-state index contributed by atoms with van der Waals surface area (Å²) in [5.41, 5.74) is 3.01. The minimum Gasteiger partial charge on any atom is -0.359 e. The second-order valence-electron chi connectivity index (χ2n) is 4.12. The molecular formula is C13H11ClINO2. The molecule has 0 unspecified atom stereocenters. The number of anilines is 1. The number of hydrogen-bond donors (Lipinski definition) is 1. The number of carbonyl (C=O) groups excluding carboxylic acids is 2. The first-order chi connectivity index (χ1) is 8.49. The zero-order valence-electron chi connectivity index (χ0n) is 9.72. The minimum absolute atomic E-state index is 0.0874. The van der Waals surface area contributed by atoms with Crippen molar-refractivity contribution in [3.8, 4) is 0 Å². The zero-order valence-corrected chi connectivity index (χ0v) is 12.6. The summed E-state index contributed by atoms with van der Waals surface area (Å²) < 4.78 is -0.0874. The Hall–Kier alpha value is -0.880. The van der Waals surface area contributed by atoms with Gasteiger partial charge in [-0.2, -0.15) is 0 Å². The van der Waals surface area contributed by atoms with E-state index in [0.29, 0.717) is 17.0 Å². The van der Waals surface area contributed by atoms with Crippen LogP contribution in [-0.4, -0.2) is 9.57 Å². The third-order valence-electron chi connectivity index (χ3n) is 2.95. The maximum atomic E-state index is 11.4. The smallest absolute Gasteiger partial charge is 0.223 e. The number of rotatable bonds is 3. The maximum Gasteiger partial charge on any atom is 0.223 e. The first-order valence-electron chi connectivity index (χ1n) is 5.48. The molecule has 0 amide bonds. The lowest BCUT2D eigenvalue weighted by Crippen LogP contribution is -2.00. The van der Waals surface area contributed by atoms with Crippen molar-refractivity contribution in [2.75, 3.05) is 5.32 Å². The van der Waals surface area contributed by atoms with Crippen LogP contribution in [0.5, 0.6) is 0 Å². The number of nitrogens with one attached hydrogen (secondary N) is 1. The predicted molar refractivity (Wildman–Crippen MR) is 80.4 cm³/mol. The normalized spacial score (nSPS) is 15.2. The third kappa shape index (κ3) is 2.75. The van der Waals surface area contributed by atoms with Gasteiger partial charge in [0.05, 0.1) is 5.02 Å². The lowest BCUT2D eigenvalue weighted by Gasteiger charge is -2.09. The maximum absolute atomic E-state index is 11.4. The van der Waals surface area contributed by atoms with Gasteiger partial charge < -0.3 is 5.32 Å². The van der Waals surface area contributed by atoms with Crippen LogP contribution in [0.4, 0.5) is 5.69 Å². The highest BCUT2D eigenvalue weighted by atomic mass is 127. The monoisotopic (exact) mass is 375 g/mol. The van der Waals surface area contributed by atoms with E-state index in [9.17, 15) is 9.59 Å². The van der Waals surface area contributed by atoms with Crippen molar-refractivity contribution in [3.63, 3.8) is 0 Å². The Kier molecular flexibility index (Phi) is 4.07. The summed E-state index contributed by atoms with van der Waals surface area (Å²) in [5.74, 6) is 0.183. The third-order valence-corrected chi connectivity index (χ3v) is 3.84. The summed E-state index contributed by atoms with van der Waals surface area (Å²) >= 11 is 7.73. The topological polar surface area (TPSA) is 46.2 Å². The van der Waals surface area contributed by atoms with Gasteiger partial charge in [0.2, 0.25) is 3.79 Å². The summed E-state index contributed by atoms with van der Waals surface area (Å²) in [5, 5.41) is 3.61. The van der Waals surface area contributed by atoms with E-state index in [1.54, 1.807) is 40.8 Å². The van der Waals surface area contributed by atoms with E-state index >= 15 is 0 Å². The summed E-state index contributed by atoms with van der Waals surface area (Å²) in [7, 11) is 0. The summed E-state index contributed by atoms with van der Waals surface area (Å²) in [6.45, 7) is 1.82. The summed E-state index contributed by atoms with van der Waals surface area (Å²) in [4.78, 5) is 22.7. The van der Waals surface area contributed by atoms with Gasteiger partial charge in [-0.05, 0) is 31.5 Å². The highest BCUT2D eigenvalue weighted by Gasteiger charge is 2.19. The van der Waals surface area contributed by atoms with E-state index in [1.165, 1.54) is 0 Å². The number of benzene rings is 1. The van der Waals surface area contributed by atoms with E-state index in [-0.39, 0.29) is 9.57 Å². The highest BCUT2D eigenvalue weighted by Crippen LogP contribution is 2.27. The first kappa shape index (κ1) is 13.5. The summed E-state index contributed by atoms with van der Waals surface area (Å²) in [6.07, 6.45) is 1.29. The van der Waals surface area contributed by atoms with Crippen LogP contribution in [0, 0.1) is 0 Å². The Morgan fingerprint density at radius 2 is 2.11 bits per heavy atom. The largest absolute Gasteiger partial charge is 0.359 e. The predicted octanol–water partition coefficient (Wildman–Crippen LogP) is 3.96. The van der Waals surface area contributed by atoms with Crippen molar-refractivity contribution in [3.05, 3.63) is 40.1 Å². The lowest BCUT2D eigenvalue weighted by atomic mass is 10.2. The molecule has 0 saturated carbocycles. The van der Waals surface area contributed by atoms with Gasteiger partial charge in [0, 0.05) is 51.5 Å². The van der Waals surface area contributed by atoms with E-state index in [4.69, 9.17) is 11.6 Å². The van der Waals surface area contributed by atoms with Crippen molar-refractivity contribution < 1.29 is 9.59 Å². The standard InChI is InChI=1S/C13H11ClINO2/c1-7-11(4-5-12(7)17)16-8-2-3-9(13(15)18)10(14)6-8/h2-3,6,16H,4-5H2,1H3. The molecule has 5 heteroatoms. The van der Waals surface area contributed by atoms with Crippen molar-refractivity contribution >= 4 is 49.5 Å². The van der Waals surface area contributed by atoms with E-state index in [1.807, 2.05) is 6.92 Å². The molecule has 0 radical (unpaired) electrons. The van der Waals surface area contributed by atoms with Crippen LogP contribution < -0.4 is 5.32 Å². The molecule has 0 spiro atoms. The summed E-state index contributed by atoms with van der Waals surface area (Å²) in [6, 6.07) is 5.18. The molecule has 1 aliphatic rings. The Morgan fingerprint density at radius 1 is 1.39 bits per heavy atom. The van der Waals surface area contributed by atoms with Crippen LogP contribution in [0.1, 0.15) is 30.1 Å². The van der Waals surface area contributed by atoms with E-state index < -0.39 is 0 Å². The molecule has 1 aliphatic carbocycles. The van der Waals surface area contributed by atoms with Crippen LogP contribution in [0.3, 0.4) is 0 Å². The quantitative estimate of drug-likeness (QED) is 0.642. The Morgan fingerprint density at radius 3 is 2.61 bits per heavy atom. The van der Waals surface area contributed by atoms with E-state index in [2.05, 4.69) is 5.32 Å². The molecule has 0 heterocycles. The molecule has 0 aromatic heterocycles. The number of ketones is 1. The van der Waals surface area contributed by atoms with Gasteiger partial charge >= 0.3 is 0 Å². The van der Waals surface area contributed by atoms with Crippen molar-refractivity contribution in [1.29, 1.82) is 0 Å². The van der Waals surface area contributed by atoms with Crippen LogP contribution >= 0.6 is 34.2 Å². The molecule has 0 fully saturated rings. The molecule has 18 heavy (non-hydrogen) atoms. The van der Waals surface area contributed by atoms with Crippen molar-refractivity contribution in [2.24, 2.45) is 0 Å². The van der Waals surface area contributed by atoms with Crippen molar-refractivity contribution in [2.45, 2.75) is 19.8 Å². The Balaban J connectivity index is 2.24. The fourth-order valence-electron chi connectivity index (χ4n) is 1.86. The van der Waals surface area contributed by atoms with Crippen LogP contribution in [0.25, 0.3) is 0 Å². The second kappa shape index (κ2) is 5.40. The number of carbonyl (C=O) groups is 2. The van der Waals surface area contributed by atoms with Gasteiger partial charge in [-0.25, -0.2) is 0 Å². The molecule has 1 aromatic carbocycles. The van der Waals surface area contributed by atoms with Crippen LogP contribution in [-0.2, 0) is 4.79 Å². The molecular weight excluding hydrogens is 365 g/mol. The first-order valence-corrected chi connectivity index (χ1v) is 6.94. The van der Waals surface area contributed by atoms with Gasteiger partial charge in [-0.15, -0.1) is 0 Å². The lowest BCUT2D eigenvalue weighted by molar-refractivity contribution is -0.114. The zero-order chi connectivity index (χ0) is 13.3. The molecule has 94 valence electrons. The average molecular weight is 376 g/mol. The minimum atomic E-state index is -0.0874. The fourth-order valence-corrected chi connectivity index (χ4v) is 2.76. The highest BCUT2D eigenvalue weighted by molar-refractivity contribution is 14.1. The van der Waals surface area contributed by atoms with Crippen molar-refractivity contribution in [1.82, 2.24) is 0 Å². The molecule has 1 aromatic rings. The van der Waals surface area contributed by atoms with E-state index in [0.717, 1.165) is 23.4 Å². The van der Waals surface area contributed by atoms with Gasteiger partial charge in [0.25, 0.3) is 0 Å². The molecule has 0 atom stereocenters.